The molecule has 0 amide bonds. The fourth-order valence-corrected chi connectivity index (χ4v) is 4.95. The van der Waals surface area contributed by atoms with Gasteiger partial charge in [-0.2, -0.15) is 0 Å². The van der Waals surface area contributed by atoms with Gasteiger partial charge in [0.2, 0.25) is 0 Å². The molecule has 2 saturated heterocycles. The van der Waals surface area contributed by atoms with Crippen molar-refractivity contribution in [3.63, 3.8) is 0 Å². The van der Waals surface area contributed by atoms with E-state index in [1.54, 1.807) is 0 Å². The number of methoxy groups -OCH3 is 1. The third kappa shape index (κ3) is 2.97. The van der Waals surface area contributed by atoms with Crippen LogP contribution >= 0.6 is 0 Å². The van der Waals surface area contributed by atoms with Crippen LogP contribution in [0.4, 0.5) is 0 Å². The van der Waals surface area contributed by atoms with Crippen molar-refractivity contribution in [2.24, 2.45) is 23.7 Å². The highest BCUT2D eigenvalue weighted by atomic mass is 16.5. The Kier molecular flexibility index (Phi) is 4.54. The van der Waals surface area contributed by atoms with E-state index in [0.717, 1.165) is 12.8 Å². The Morgan fingerprint density at radius 1 is 1.14 bits per heavy atom. The largest absolute Gasteiger partial charge is 0.469 e. The topological polar surface area (TPSA) is 38.3 Å². The molecule has 0 aromatic heterocycles. The third-order valence-corrected chi connectivity index (χ3v) is 5.93. The maximum absolute atomic E-state index is 12.3. The number of piperidine rings is 1. The van der Waals surface area contributed by atoms with Gasteiger partial charge in [0.1, 0.15) is 0 Å². The number of hydrogen-bond acceptors (Lipinski definition) is 3. The Morgan fingerprint density at radius 2 is 1.90 bits per heavy atom. The summed E-state index contributed by atoms with van der Waals surface area (Å²) in [5.41, 5.74) is 0. The van der Waals surface area contributed by atoms with Crippen molar-refractivity contribution >= 4 is 5.97 Å². The molecule has 0 spiro atoms. The van der Waals surface area contributed by atoms with Gasteiger partial charge in [0.05, 0.1) is 13.0 Å². The van der Waals surface area contributed by atoms with Gasteiger partial charge < -0.3 is 10.1 Å². The first-order valence-corrected chi connectivity index (χ1v) is 8.49. The minimum atomic E-state index is 0.00771. The highest BCUT2D eigenvalue weighted by Gasteiger charge is 2.48. The van der Waals surface area contributed by atoms with Gasteiger partial charge in [0.25, 0.3) is 0 Å². The number of nitrogens with one attached hydrogen (secondary N) is 1. The molecule has 0 radical (unpaired) electrons. The Bertz CT molecular complexity index is 442. The van der Waals surface area contributed by atoms with Crippen molar-refractivity contribution in [3.8, 4) is 11.8 Å². The second kappa shape index (κ2) is 6.40. The van der Waals surface area contributed by atoms with Crippen molar-refractivity contribution in [2.45, 2.75) is 64.0 Å². The Labute approximate surface area is 128 Å². The average molecular weight is 289 g/mol. The van der Waals surface area contributed by atoms with E-state index in [1.807, 2.05) is 6.92 Å². The normalized spacial score (nSPS) is 42.0. The summed E-state index contributed by atoms with van der Waals surface area (Å²) < 4.78 is 5.12. The van der Waals surface area contributed by atoms with Gasteiger partial charge in [0, 0.05) is 18.0 Å². The average Bonchev–Trinajstić information content (AvgIpc) is 2.89. The van der Waals surface area contributed by atoms with Gasteiger partial charge in [-0.05, 0) is 63.7 Å². The summed E-state index contributed by atoms with van der Waals surface area (Å²) in [5, 5.41) is 3.63. The number of hydrogen-bond donors (Lipinski definition) is 1. The molecule has 116 valence electrons. The highest BCUT2D eigenvalue weighted by Crippen LogP contribution is 2.45. The van der Waals surface area contributed by atoms with Crippen LogP contribution < -0.4 is 5.32 Å². The number of ether oxygens (including phenoxy) is 1. The molecule has 21 heavy (non-hydrogen) atoms. The summed E-state index contributed by atoms with van der Waals surface area (Å²) in [6, 6.07) is 0.989. The Hall–Kier alpha value is -1.01. The van der Waals surface area contributed by atoms with Gasteiger partial charge >= 0.3 is 5.97 Å². The van der Waals surface area contributed by atoms with Crippen LogP contribution in [-0.4, -0.2) is 25.2 Å². The summed E-state index contributed by atoms with van der Waals surface area (Å²) >= 11 is 0. The summed E-state index contributed by atoms with van der Waals surface area (Å²) in [6.45, 7) is 1.93. The number of carbonyl (C=O) groups is 1. The highest BCUT2D eigenvalue weighted by molar-refractivity contribution is 5.74. The molecule has 0 aromatic rings. The monoisotopic (exact) mass is 289 g/mol. The molecule has 2 aliphatic heterocycles. The number of fused-ring (bicyclic) bond motifs is 2. The van der Waals surface area contributed by atoms with Gasteiger partial charge in [-0.25, -0.2) is 0 Å². The molecule has 3 rings (SSSR count). The van der Waals surface area contributed by atoms with Crippen molar-refractivity contribution in [2.75, 3.05) is 7.11 Å². The van der Waals surface area contributed by atoms with E-state index >= 15 is 0 Å². The van der Waals surface area contributed by atoms with Gasteiger partial charge in [-0.1, -0.05) is 0 Å². The summed E-state index contributed by atoms with van der Waals surface area (Å²) in [4.78, 5) is 12.3. The minimum Gasteiger partial charge on any atom is -0.469 e. The first-order chi connectivity index (χ1) is 10.2. The van der Waals surface area contributed by atoms with Gasteiger partial charge in [-0.3, -0.25) is 4.79 Å². The van der Waals surface area contributed by atoms with Gasteiger partial charge in [-0.15, -0.1) is 11.8 Å². The van der Waals surface area contributed by atoms with Crippen LogP contribution in [0.1, 0.15) is 51.9 Å². The lowest BCUT2D eigenvalue weighted by atomic mass is 9.67. The van der Waals surface area contributed by atoms with Crippen LogP contribution in [0, 0.1) is 35.5 Å². The fraction of sp³-hybridized carbons (Fsp3) is 0.833. The first kappa shape index (κ1) is 14.9. The zero-order valence-electron chi connectivity index (χ0n) is 13.2. The summed E-state index contributed by atoms with van der Waals surface area (Å²) in [6.07, 6.45) is 8.40. The molecule has 0 aromatic carbocycles. The zero-order valence-corrected chi connectivity index (χ0v) is 13.2. The third-order valence-electron chi connectivity index (χ3n) is 5.93. The molecule has 3 heteroatoms. The van der Waals surface area contributed by atoms with E-state index in [0.29, 0.717) is 29.8 Å². The van der Waals surface area contributed by atoms with E-state index in [9.17, 15) is 4.79 Å². The second-order valence-electron chi connectivity index (χ2n) is 7.00. The zero-order chi connectivity index (χ0) is 14.8. The molecule has 4 unspecified atom stereocenters. The quantitative estimate of drug-likeness (QED) is 0.627. The first-order valence-electron chi connectivity index (χ1n) is 8.49. The number of carbonyl (C=O) groups excluding carboxylic acids is 1. The standard InChI is InChI=1S/C18H27NO2/c1-3-4-12-5-7-13(8-6-12)15-11-14-9-10-16(19-14)17(15)18(20)21-2/h12-17,19H,5-11H2,1-2H3. The van der Waals surface area contributed by atoms with Crippen molar-refractivity contribution in [1.82, 2.24) is 5.32 Å². The van der Waals surface area contributed by atoms with E-state index in [-0.39, 0.29) is 11.9 Å². The predicted molar refractivity (Wildman–Crippen MR) is 82.5 cm³/mol. The van der Waals surface area contributed by atoms with Crippen molar-refractivity contribution in [3.05, 3.63) is 0 Å². The lowest BCUT2D eigenvalue weighted by molar-refractivity contribution is -0.151. The van der Waals surface area contributed by atoms with Gasteiger partial charge in [0.15, 0.2) is 0 Å². The molecule has 3 aliphatic rings. The molecule has 4 atom stereocenters. The molecule has 3 fully saturated rings. The number of rotatable bonds is 2. The maximum Gasteiger partial charge on any atom is 0.310 e. The van der Waals surface area contributed by atoms with Crippen molar-refractivity contribution < 1.29 is 9.53 Å². The maximum atomic E-state index is 12.3. The molecule has 2 heterocycles. The van der Waals surface area contributed by atoms with Crippen molar-refractivity contribution in [1.29, 1.82) is 0 Å². The lowest BCUT2D eigenvalue weighted by Crippen LogP contribution is -2.51. The van der Waals surface area contributed by atoms with E-state index < -0.39 is 0 Å². The smallest absolute Gasteiger partial charge is 0.310 e. The molecular weight excluding hydrogens is 262 g/mol. The van der Waals surface area contributed by atoms with E-state index in [2.05, 4.69) is 17.2 Å². The minimum absolute atomic E-state index is 0.00771. The van der Waals surface area contributed by atoms with Crippen LogP contribution in [0.15, 0.2) is 0 Å². The van der Waals surface area contributed by atoms with E-state index in [4.69, 9.17) is 4.74 Å². The molecular formula is C18H27NO2. The summed E-state index contributed by atoms with van der Waals surface area (Å²) in [7, 11) is 1.54. The second-order valence-corrected chi connectivity index (χ2v) is 7.00. The lowest BCUT2D eigenvalue weighted by Gasteiger charge is -2.42. The van der Waals surface area contributed by atoms with Crippen LogP contribution in [0.2, 0.25) is 0 Å². The predicted octanol–water partition coefficient (Wildman–Crippen LogP) is 2.75. The number of esters is 1. The summed E-state index contributed by atoms with van der Waals surface area (Å²) in [5.74, 6) is 8.26. The van der Waals surface area contributed by atoms with Crippen LogP contribution in [0.3, 0.4) is 0 Å². The molecule has 2 bridgehead atoms. The molecule has 1 saturated carbocycles. The van der Waals surface area contributed by atoms with Crippen LogP contribution in [0.25, 0.3) is 0 Å². The van der Waals surface area contributed by atoms with E-state index in [1.165, 1.54) is 39.2 Å². The van der Waals surface area contributed by atoms with Crippen LogP contribution in [-0.2, 0) is 9.53 Å². The molecule has 3 nitrogen and oxygen atoms in total. The fourth-order valence-electron chi connectivity index (χ4n) is 4.95. The Balaban J connectivity index is 1.70. The molecule has 1 aliphatic carbocycles. The van der Waals surface area contributed by atoms with Crippen LogP contribution in [0.5, 0.6) is 0 Å². The molecule has 1 N–H and O–H groups in total. The SMILES string of the molecule is CC#CC1CCC(C2CC3CCC(N3)C2C(=O)OC)CC1. The Morgan fingerprint density at radius 3 is 2.57 bits per heavy atom.